The largest absolute Gasteiger partial charge is 0.491 e. The summed E-state index contributed by atoms with van der Waals surface area (Å²) >= 11 is 0. The van der Waals surface area contributed by atoms with E-state index in [1.54, 1.807) is 13.3 Å². The van der Waals surface area contributed by atoms with Gasteiger partial charge in [0.2, 0.25) is 5.88 Å². The van der Waals surface area contributed by atoms with E-state index in [9.17, 15) is 0 Å². The molecule has 0 bridgehead atoms. The van der Waals surface area contributed by atoms with Crippen molar-refractivity contribution >= 4 is 0 Å². The molecule has 1 aromatic heterocycles. The van der Waals surface area contributed by atoms with E-state index in [0.29, 0.717) is 18.4 Å². The molecule has 0 aliphatic heterocycles. The van der Waals surface area contributed by atoms with Gasteiger partial charge in [0.25, 0.3) is 0 Å². The van der Waals surface area contributed by atoms with Crippen LogP contribution in [-0.4, -0.2) is 24.2 Å². The van der Waals surface area contributed by atoms with Crippen molar-refractivity contribution in [3.8, 4) is 22.8 Å². The van der Waals surface area contributed by atoms with Crippen molar-refractivity contribution in [2.24, 2.45) is 11.7 Å². The fourth-order valence-electron chi connectivity index (χ4n) is 2.93. The number of hydrogen-bond acceptors (Lipinski definition) is 4. The van der Waals surface area contributed by atoms with Crippen molar-refractivity contribution < 1.29 is 9.47 Å². The standard InChI is InChI=1S/C20H28N2O2/c1-14(2)12-20(4,21)13-24-18-7-6-16(10-15(18)3)17-8-9-22-19(11-17)23-5/h6-11,14H,12-13,21H2,1-5H3/t20-/m0/s1. The highest BCUT2D eigenvalue weighted by atomic mass is 16.5. The minimum atomic E-state index is -0.322. The molecule has 0 amide bonds. The highest BCUT2D eigenvalue weighted by Gasteiger charge is 2.21. The smallest absolute Gasteiger partial charge is 0.213 e. The zero-order valence-corrected chi connectivity index (χ0v) is 15.3. The Morgan fingerprint density at radius 3 is 2.50 bits per heavy atom. The number of aryl methyl sites for hydroxylation is 1. The van der Waals surface area contributed by atoms with E-state index in [1.807, 2.05) is 38.1 Å². The molecule has 0 unspecified atom stereocenters. The normalized spacial score (nSPS) is 13.6. The summed E-state index contributed by atoms with van der Waals surface area (Å²) in [4.78, 5) is 4.14. The topological polar surface area (TPSA) is 57.4 Å². The van der Waals surface area contributed by atoms with Crippen LogP contribution in [0.2, 0.25) is 0 Å². The summed E-state index contributed by atoms with van der Waals surface area (Å²) in [5, 5.41) is 0. The lowest BCUT2D eigenvalue weighted by Gasteiger charge is -2.27. The van der Waals surface area contributed by atoms with E-state index in [2.05, 4.69) is 24.9 Å². The van der Waals surface area contributed by atoms with E-state index in [-0.39, 0.29) is 5.54 Å². The molecule has 4 heteroatoms. The molecule has 130 valence electrons. The monoisotopic (exact) mass is 328 g/mol. The number of hydrogen-bond donors (Lipinski definition) is 1. The maximum absolute atomic E-state index is 6.32. The van der Waals surface area contributed by atoms with E-state index in [0.717, 1.165) is 28.9 Å². The molecule has 4 nitrogen and oxygen atoms in total. The van der Waals surface area contributed by atoms with Gasteiger partial charge < -0.3 is 15.2 Å². The summed E-state index contributed by atoms with van der Waals surface area (Å²) in [6.07, 6.45) is 2.68. The van der Waals surface area contributed by atoms with Gasteiger partial charge in [-0.05, 0) is 61.1 Å². The van der Waals surface area contributed by atoms with E-state index in [4.69, 9.17) is 15.2 Å². The van der Waals surface area contributed by atoms with Crippen LogP contribution in [0.25, 0.3) is 11.1 Å². The van der Waals surface area contributed by atoms with Crippen molar-refractivity contribution in [2.75, 3.05) is 13.7 Å². The highest BCUT2D eigenvalue weighted by molar-refractivity contribution is 5.66. The summed E-state index contributed by atoms with van der Waals surface area (Å²) in [5.41, 5.74) is 9.27. The van der Waals surface area contributed by atoms with Crippen LogP contribution < -0.4 is 15.2 Å². The number of pyridine rings is 1. The number of nitrogens with zero attached hydrogens (tertiary/aromatic N) is 1. The van der Waals surface area contributed by atoms with Crippen LogP contribution in [0.4, 0.5) is 0 Å². The summed E-state index contributed by atoms with van der Waals surface area (Å²) in [7, 11) is 1.62. The molecule has 0 spiro atoms. The molecule has 0 aliphatic rings. The van der Waals surface area contributed by atoms with Crippen molar-refractivity contribution in [1.82, 2.24) is 4.98 Å². The number of rotatable bonds is 7. The van der Waals surface area contributed by atoms with Crippen molar-refractivity contribution in [1.29, 1.82) is 0 Å². The summed E-state index contributed by atoms with van der Waals surface area (Å²) in [5.74, 6) is 2.03. The molecule has 0 aliphatic carbocycles. The molecule has 1 aromatic carbocycles. The number of aromatic nitrogens is 1. The Balaban J connectivity index is 2.12. The Hall–Kier alpha value is -2.07. The Kier molecular flexibility index (Phi) is 5.84. The lowest BCUT2D eigenvalue weighted by molar-refractivity contribution is 0.206. The Morgan fingerprint density at radius 1 is 1.17 bits per heavy atom. The molecule has 2 aromatic rings. The predicted octanol–water partition coefficient (Wildman–Crippen LogP) is 4.21. The first-order chi connectivity index (χ1) is 11.3. The number of methoxy groups -OCH3 is 1. The minimum absolute atomic E-state index is 0.322. The number of benzene rings is 1. The molecule has 0 fully saturated rings. The average Bonchev–Trinajstić information content (AvgIpc) is 2.52. The molecular weight excluding hydrogens is 300 g/mol. The van der Waals surface area contributed by atoms with Crippen LogP contribution in [0, 0.1) is 12.8 Å². The van der Waals surface area contributed by atoms with E-state index in [1.165, 1.54) is 0 Å². The minimum Gasteiger partial charge on any atom is -0.491 e. The van der Waals surface area contributed by atoms with Crippen molar-refractivity contribution in [3.63, 3.8) is 0 Å². The fourth-order valence-corrected chi connectivity index (χ4v) is 2.93. The summed E-state index contributed by atoms with van der Waals surface area (Å²) in [6.45, 7) is 8.95. The Labute approximate surface area is 145 Å². The third-order valence-electron chi connectivity index (χ3n) is 3.88. The zero-order valence-electron chi connectivity index (χ0n) is 15.3. The van der Waals surface area contributed by atoms with Crippen LogP contribution in [0.15, 0.2) is 36.5 Å². The molecule has 0 saturated heterocycles. The highest BCUT2D eigenvalue weighted by Crippen LogP contribution is 2.28. The Bertz CT molecular complexity index is 681. The van der Waals surface area contributed by atoms with Gasteiger partial charge in [0.15, 0.2) is 0 Å². The quantitative estimate of drug-likeness (QED) is 0.827. The van der Waals surface area contributed by atoms with Crippen LogP contribution in [0.5, 0.6) is 11.6 Å². The molecule has 1 heterocycles. The van der Waals surface area contributed by atoms with Gasteiger partial charge in [0.1, 0.15) is 12.4 Å². The van der Waals surface area contributed by atoms with Crippen LogP contribution in [0.3, 0.4) is 0 Å². The lowest BCUT2D eigenvalue weighted by Crippen LogP contribution is -2.43. The van der Waals surface area contributed by atoms with E-state index < -0.39 is 0 Å². The van der Waals surface area contributed by atoms with Gasteiger partial charge in [-0.15, -0.1) is 0 Å². The van der Waals surface area contributed by atoms with E-state index >= 15 is 0 Å². The van der Waals surface area contributed by atoms with Gasteiger partial charge in [-0.25, -0.2) is 4.98 Å². The molecule has 2 N–H and O–H groups in total. The lowest BCUT2D eigenvalue weighted by atomic mass is 9.93. The average molecular weight is 328 g/mol. The van der Waals surface area contributed by atoms with Gasteiger partial charge in [0.05, 0.1) is 7.11 Å². The predicted molar refractivity (Wildman–Crippen MR) is 98.5 cm³/mol. The SMILES string of the molecule is COc1cc(-c2ccc(OC[C@@](C)(N)CC(C)C)c(C)c2)ccn1. The second-order valence-corrected chi connectivity index (χ2v) is 7.11. The van der Waals surface area contributed by atoms with Gasteiger partial charge in [-0.3, -0.25) is 0 Å². The number of ether oxygens (including phenoxy) is 2. The van der Waals surface area contributed by atoms with Gasteiger partial charge in [-0.2, -0.15) is 0 Å². The number of nitrogens with two attached hydrogens (primary N) is 1. The van der Waals surface area contributed by atoms with Crippen molar-refractivity contribution in [3.05, 3.63) is 42.1 Å². The summed E-state index contributed by atoms with van der Waals surface area (Å²) in [6, 6.07) is 10.1. The van der Waals surface area contributed by atoms with Gasteiger partial charge in [-0.1, -0.05) is 19.9 Å². The van der Waals surface area contributed by atoms with Crippen LogP contribution in [-0.2, 0) is 0 Å². The first-order valence-corrected chi connectivity index (χ1v) is 8.33. The molecular formula is C20H28N2O2. The summed E-state index contributed by atoms with van der Waals surface area (Å²) < 4.78 is 11.2. The molecule has 1 atom stereocenters. The van der Waals surface area contributed by atoms with Gasteiger partial charge in [0, 0.05) is 17.8 Å². The maximum Gasteiger partial charge on any atom is 0.213 e. The first kappa shape index (κ1) is 18.3. The third kappa shape index (κ3) is 4.96. The molecule has 0 radical (unpaired) electrons. The van der Waals surface area contributed by atoms with Crippen LogP contribution >= 0.6 is 0 Å². The second-order valence-electron chi connectivity index (χ2n) is 7.11. The second kappa shape index (κ2) is 7.67. The molecule has 0 saturated carbocycles. The maximum atomic E-state index is 6.32. The Morgan fingerprint density at radius 2 is 1.88 bits per heavy atom. The first-order valence-electron chi connectivity index (χ1n) is 8.33. The third-order valence-corrected chi connectivity index (χ3v) is 3.88. The molecule has 2 rings (SSSR count). The fraction of sp³-hybridized carbons (Fsp3) is 0.450. The van der Waals surface area contributed by atoms with Gasteiger partial charge >= 0.3 is 0 Å². The molecule has 24 heavy (non-hydrogen) atoms. The van der Waals surface area contributed by atoms with Crippen molar-refractivity contribution in [2.45, 2.75) is 39.7 Å². The zero-order chi connectivity index (χ0) is 17.7. The van der Waals surface area contributed by atoms with Crippen LogP contribution in [0.1, 0.15) is 32.8 Å².